The molecule has 20 heavy (non-hydrogen) atoms. The fourth-order valence-corrected chi connectivity index (χ4v) is 3.45. The Bertz CT molecular complexity index is 576. The Morgan fingerprint density at radius 2 is 2.00 bits per heavy atom. The van der Waals surface area contributed by atoms with Crippen LogP contribution in [-0.2, 0) is 14.1 Å². The molecule has 2 fully saturated rings. The average Bonchev–Trinajstić information content (AvgIpc) is 2.84. The monoisotopic (exact) mass is 288 g/mol. The van der Waals surface area contributed by atoms with Gasteiger partial charge in [0.25, 0.3) is 0 Å². The number of benzene rings is 1. The Labute approximate surface area is 121 Å². The zero-order chi connectivity index (χ0) is 14.3. The molecule has 2 aliphatic rings. The van der Waals surface area contributed by atoms with E-state index < -0.39 is 12.5 Å². The van der Waals surface area contributed by atoms with Gasteiger partial charge in [-0.1, -0.05) is 36.0 Å². The molecule has 1 aromatic carbocycles. The van der Waals surface area contributed by atoms with E-state index >= 15 is 0 Å². The third-order valence-electron chi connectivity index (χ3n) is 3.51. The van der Waals surface area contributed by atoms with Crippen LogP contribution in [0.15, 0.2) is 41.5 Å². The summed E-state index contributed by atoms with van der Waals surface area (Å²) in [5.74, 6) is 0.806. The van der Waals surface area contributed by atoms with E-state index in [1.165, 1.54) is 0 Å². The van der Waals surface area contributed by atoms with Crippen molar-refractivity contribution in [1.82, 2.24) is 0 Å². The van der Waals surface area contributed by atoms with Crippen LogP contribution in [0.1, 0.15) is 18.4 Å². The molecule has 1 unspecified atom stereocenters. The molecule has 3 rings (SSSR count). The third-order valence-corrected chi connectivity index (χ3v) is 4.53. The van der Waals surface area contributed by atoms with Crippen LogP contribution in [0.25, 0.3) is 0 Å². The number of hydrogen-bond acceptors (Lipinski definition) is 5. The molecule has 102 valence electrons. The molecule has 0 N–H and O–H groups in total. The van der Waals surface area contributed by atoms with Crippen LogP contribution in [-0.4, -0.2) is 17.5 Å². The number of allylic oxidation sites excluding steroid dienone is 1. The first-order chi connectivity index (χ1) is 9.49. The fourth-order valence-electron chi connectivity index (χ4n) is 2.53. The summed E-state index contributed by atoms with van der Waals surface area (Å²) in [6, 6.07) is 7.59. The predicted octanol–water partition coefficient (Wildman–Crippen LogP) is 3.23. The molecule has 0 aromatic heterocycles. The highest BCUT2D eigenvalue weighted by atomic mass is 32.2. The summed E-state index contributed by atoms with van der Waals surface area (Å²) >= 11 is 1.05. The van der Waals surface area contributed by atoms with Gasteiger partial charge in [-0.2, -0.15) is 0 Å². The number of thioether (sulfide) groups is 1. The van der Waals surface area contributed by atoms with Crippen molar-refractivity contribution in [3.8, 4) is 0 Å². The van der Waals surface area contributed by atoms with Gasteiger partial charge >= 0.3 is 12.5 Å². The first-order valence-corrected chi connectivity index (χ1v) is 7.18. The smallest absolute Gasteiger partial charge is 0.631 e. The van der Waals surface area contributed by atoms with E-state index in [2.05, 4.69) is 6.58 Å². The molecule has 0 aliphatic carbocycles. The lowest BCUT2D eigenvalue weighted by Gasteiger charge is -2.23. The highest BCUT2D eigenvalue weighted by Gasteiger charge is 2.68. The lowest BCUT2D eigenvalue weighted by Crippen LogP contribution is -2.46. The van der Waals surface area contributed by atoms with Crippen molar-refractivity contribution >= 4 is 29.3 Å². The molecule has 2 aliphatic heterocycles. The van der Waals surface area contributed by atoms with Gasteiger partial charge in [0.05, 0.1) is 5.76 Å². The Hall–Kier alpha value is -1.82. The number of aryl methyl sites for hydroxylation is 1. The number of rotatable bonds is 2. The van der Waals surface area contributed by atoms with Gasteiger partial charge in [0.15, 0.2) is 5.01 Å². The van der Waals surface area contributed by atoms with Crippen molar-refractivity contribution in [3.05, 3.63) is 48.0 Å². The molecule has 0 saturated carbocycles. The minimum atomic E-state index is -2.31. The maximum Gasteiger partial charge on any atom is 0.631 e. The van der Waals surface area contributed by atoms with Crippen LogP contribution in [0.5, 0.6) is 0 Å². The fraction of sp³-hybridized carbons (Fsp3) is 0.214. The van der Waals surface area contributed by atoms with Gasteiger partial charge in [0, 0.05) is 10.7 Å². The lowest BCUT2D eigenvalue weighted by molar-refractivity contribution is -0.133. The Morgan fingerprint density at radius 1 is 1.30 bits per heavy atom. The van der Waals surface area contributed by atoms with Crippen LogP contribution in [0.2, 0.25) is 0 Å². The zero-order valence-electron chi connectivity index (χ0n) is 11.0. The van der Waals surface area contributed by atoms with Crippen molar-refractivity contribution in [2.75, 3.05) is 0 Å². The van der Waals surface area contributed by atoms with Crippen molar-refractivity contribution in [2.24, 2.45) is 0 Å². The van der Waals surface area contributed by atoms with Gasteiger partial charge in [-0.05, 0) is 19.1 Å². The summed E-state index contributed by atoms with van der Waals surface area (Å²) in [7, 11) is 0. The van der Waals surface area contributed by atoms with Crippen molar-refractivity contribution < 1.29 is 18.9 Å². The van der Waals surface area contributed by atoms with Crippen LogP contribution in [0.3, 0.4) is 0 Å². The molecular formula is C14H13BO4S. The quantitative estimate of drug-likeness (QED) is 0.475. The summed E-state index contributed by atoms with van der Waals surface area (Å²) in [6.45, 7) is 3.40. The predicted molar refractivity (Wildman–Crippen MR) is 77.0 cm³/mol. The molecule has 2 saturated heterocycles. The highest BCUT2D eigenvalue weighted by molar-refractivity contribution is 8.17. The normalized spacial score (nSPS) is 24.4. The van der Waals surface area contributed by atoms with Crippen molar-refractivity contribution in [3.63, 3.8) is 0 Å². The van der Waals surface area contributed by atoms with Gasteiger partial charge in [-0.3, -0.25) is 4.79 Å². The second-order valence-electron chi connectivity index (χ2n) is 5.10. The molecule has 0 spiro atoms. The molecule has 0 radical (unpaired) electrons. The van der Waals surface area contributed by atoms with E-state index in [4.69, 9.17) is 9.31 Å². The minimum Gasteiger partial charge on any atom is -0.637 e. The summed E-state index contributed by atoms with van der Waals surface area (Å²) in [5.41, 5.74) is 1.12. The minimum absolute atomic E-state index is 0.152. The molecule has 2 heterocycles. The van der Waals surface area contributed by atoms with Gasteiger partial charge < -0.3 is 14.1 Å². The van der Waals surface area contributed by atoms with E-state index in [9.17, 15) is 9.59 Å². The summed E-state index contributed by atoms with van der Waals surface area (Å²) in [6.07, 6.45) is 0.588. The maximum absolute atomic E-state index is 12.5. The van der Waals surface area contributed by atoms with Crippen molar-refractivity contribution in [1.29, 1.82) is 0 Å². The number of hydrogen-bond donors (Lipinski definition) is 0. The topological polar surface area (TPSA) is 52.6 Å². The maximum atomic E-state index is 12.5. The standard InChI is InChI=1S/C14H13BO4S/c1-9-3-5-12(6-4-9)20-14(17)15-11(7-10(2)18-15)8-13(16)19-15/h3-6H,2,7-8H2,1H3. The highest BCUT2D eigenvalue weighted by Crippen LogP contribution is 2.47. The van der Waals surface area contributed by atoms with E-state index in [0.717, 1.165) is 22.2 Å². The van der Waals surface area contributed by atoms with E-state index in [-0.39, 0.29) is 11.4 Å². The van der Waals surface area contributed by atoms with E-state index in [1.807, 2.05) is 31.2 Å². The number of carbonyl (C=O) groups excluding carboxylic acids is 2. The largest absolute Gasteiger partial charge is 0.637 e. The zero-order valence-corrected chi connectivity index (χ0v) is 11.9. The molecule has 4 nitrogen and oxygen atoms in total. The first kappa shape index (κ1) is 13.2. The molecular weight excluding hydrogens is 275 g/mol. The van der Waals surface area contributed by atoms with Gasteiger partial charge in [-0.25, -0.2) is 0 Å². The number of carbonyl (C=O) groups is 2. The summed E-state index contributed by atoms with van der Waals surface area (Å²) < 4.78 is 10.8. The lowest BCUT2D eigenvalue weighted by atomic mass is 9.50. The van der Waals surface area contributed by atoms with Crippen LogP contribution in [0.4, 0.5) is 4.79 Å². The van der Waals surface area contributed by atoms with Crippen LogP contribution >= 0.6 is 11.8 Å². The summed E-state index contributed by atoms with van der Waals surface area (Å²) in [4.78, 5) is 24.8. The number of fused-ring (bicyclic) bond motifs is 1. The third kappa shape index (κ3) is 2.10. The van der Waals surface area contributed by atoms with Crippen molar-refractivity contribution in [2.45, 2.75) is 24.7 Å². The molecule has 0 amide bonds. The van der Waals surface area contributed by atoms with Crippen LogP contribution in [0, 0.1) is 12.7 Å². The first-order valence-electron chi connectivity index (χ1n) is 6.36. The van der Waals surface area contributed by atoms with Crippen LogP contribution < -0.4 is 0 Å². The molecule has 1 atom stereocenters. The summed E-state index contributed by atoms with van der Waals surface area (Å²) in [5, 5.41) is -0.270. The molecule has 6 heteroatoms. The van der Waals surface area contributed by atoms with Gasteiger partial charge in [0.2, 0.25) is 0 Å². The SMILES string of the molecule is C=C1C[C+]2CC(=O)O[B-]2(C(=O)Sc2ccc(C)cc2)O1. The van der Waals surface area contributed by atoms with E-state index in [0.29, 0.717) is 18.0 Å². The van der Waals surface area contributed by atoms with Gasteiger partial charge in [-0.15, -0.1) is 0 Å². The van der Waals surface area contributed by atoms with E-state index in [1.54, 1.807) is 0 Å². The Morgan fingerprint density at radius 3 is 2.70 bits per heavy atom. The average molecular weight is 288 g/mol. The molecule has 1 aromatic rings. The molecule has 0 bridgehead atoms. The van der Waals surface area contributed by atoms with Gasteiger partial charge in [0.1, 0.15) is 12.8 Å². The second-order valence-corrected chi connectivity index (χ2v) is 6.18. The second kappa shape index (κ2) is 4.63. The Kier molecular flexibility index (Phi) is 3.05. The Balaban J connectivity index is 1.83.